The molecule has 0 atom stereocenters. The number of rotatable bonds is 6. The lowest BCUT2D eigenvalue weighted by atomic mass is 9.69. The molecule has 22 heavy (non-hydrogen) atoms. The lowest BCUT2D eigenvalue weighted by Gasteiger charge is -2.47. The first kappa shape index (κ1) is 17.0. The number of esters is 1. The molecule has 1 aliphatic heterocycles. The monoisotopic (exact) mass is 305 g/mol. The molecular formula is C18H27NO3. The number of piperidine rings is 1. The summed E-state index contributed by atoms with van der Waals surface area (Å²) in [5, 5.41) is 3.33. The van der Waals surface area contributed by atoms with Crippen LogP contribution < -0.4 is 5.32 Å². The minimum Gasteiger partial charge on any atom is -0.460 e. The first-order valence-electron chi connectivity index (χ1n) is 8.08. The van der Waals surface area contributed by atoms with Crippen molar-refractivity contribution in [2.75, 3.05) is 19.7 Å². The summed E-state index contributed by atoms with van der Waals surface area (Å²) in [6.45, 7) is 8.53. The van der Waals surface area contributed by atoms with Gasteiger partial charge in [0.15, 0.2) is 0 Å². The molecule has 1 aliphatic rings. The quantitative estimate of drug-likeness (QED) is 0.821. The molecule has 0 aliphatic carbocycles. The first-order chi connectivity index (χ1) is 10.5. The van der Waals surface area contributed by atoms with E-state index in [4.69, 9.17) is 9.47 Å². The molecule has 1 aromatic rings. The van der Waals surface area contributed by atoms with Gasteiger partial charge in [0.25, 0.3) is 0 Å². The zero-order valence-electron chi connectivity index (χ0n) is 13.9. The van der Waals surface area contributed by atoms with Gasteiger partial charge in [-0.3, -0.25) is 4.79 Å². The van der Waals surface area contributed by atoms with Gasteiger partial charge in [-0.2, -0.15) is 0 Å². The maximum Gasteiger partial charge on any atom is 0.314 e. The van der Waals surface area contributed by atoms with E-state index < -0.39 is 11.0 Å². The second-order valence-electron chi connectivity index (χ2n) is 6.36. The van der Waals surface area contributed by atoms with Crippen molar-refractivity contribution in [3.63, 3.8) is 0 Å². The Hall–Kier alpha value is -1.39. The van der Waals surface area contributed by atoms with E-state index >= 15 is 0 Å². The molecule has 0 radical (unpaired) electrons. The van der Waals surface area contributed by atoms with E-state index in [9.17, 15) is 4.79 Å². The normalized spacial score (nSPS) is 18.0. The maximum absolute atomic E-state index is 12.7. The van der Waals surface area contributed by atoms with Gasteiger partial charge in [-0.1, -0.05) is 30.3 Å². The maximum atomic E-state index is 12.7. The largest absolute Gasteiger partial charge is 0.460 e. The third-order valence-corrected chi connectivity index (χ3v) is 4.69. The summed E-state index contributed by atoms with van der Waals surface area (Å²) in [5.74, 6) is -0.188. The van der Waals surface area contributed by atoms with Gasteiger partial charge in [0, 0.05) is 6.61 Å². The molecule has 4 heteroatoms. The van der Waals surface area contributed by atoms with Crippen molar-refractivity contribution >= 4 is 5.97 Å². The molecule has 1 aromatic carbocycles. The third-order valence-electron chi connectivity index (χ3n) is 4.69. The molecule has 1 N–H and O–H groups in total. The summed E-state index contributed by atoms with van der Waals surface area (Å²) < 4.78 is 11.6. The molecule has 1 fully saturated rings. The van der Waals surface area contributed by atoms with Gasteiger partial charge in [0.2, 0.25) is 0 Å². The van der Waals surface area contributed by atoms with Gasteiger partial charge in [-0.25, -0.2) is 0 Å². The molecule has 1 heterocycles. The Kier molecular flexibility index (Phi) is 5.59. The summed E-state index contributed by atoms with van der Waals surface area (Å²) >= 11 is 0. The van der Waals surface area contributed by atoms with Gasteiger partial charge in [0.05, 0.1) is 11.0 Å². The van der Waals surface area contributed by atoms with E-state index in [0.717, 1.165) is 31.5 Å². The Bertz CT molecular complexity index is 473. The molecule has 0 amide bonds. The molecule has 0 spiro atoms. The number of hydrogen-bond donors (Lipinski definition) is 1. The van der Waals surface area contributed by atoms with Crippen molar-refractivity contribution < 1.29 is 14.3 Å². The Balaban J connectivity index is 2.07. The highest BCUT2D eigenvalue weighted by molar-refractivity contribution is 5.77. The van der Waals surface area contributed by atoms with Gasteiger partial charge in [0.1, 0.15) is 6.61 Å². The van der Waals surface area contributed by atoms with E-state index in [1.54, 1.807) is 0 Å². The van der Waals surface area contributed by atoms with Crippen molar-refractivity contribution in [3.8, 4) is 0 Å². The zero-order valence-corrected chi connectivity index (χ0v) is 13.9. The van der Waals surface area contributed by atoms with Crippen molar-refractivity contribution in [3.05, 3.63) is 35.9 Å². The molecular weight excluding hydrogens is 278 g/mol. The van der Waals surface area contributed by atoms with Crippen LogP contribution in [0.2, 0.25) is 0 Å². The Morgan fingerprint density at radius 2 is 1.86 bits per heavy atom. The van der Waals surface area contributed by atoms with Crippen molar-refractivity contribution in [1.29, 1.82) is 0 Å². The molecule has 4 nitrogen and oxygen atoms in total. The lowest BCUT2D eigenvalue weighted by Crippen LogP contribution is -2.57. The summed E-state index contributed by atoms with van der Waals surface area (Å²) in [6.07, 6.45) is 1.66. The molecule has 2 rings (SSSR count). The van der Waals surface area contributed by atoms with Crippen LogP contribution in [0.25, 0.3) is 0 Å². The van der Waals surface area contributed by atoms with Gasteiger partial charge < -0.3 is 14.8 Å². The van der Waals surface area contributed by atoms with Crippen LogP contribution in [0.5, 0.6) is 0 Å². The number of carbonyl (C=O) groups is 1. The molecule has 0 unspecified atom stereocenters. The lowest BCUT2D eigenvalue weighted by molar-refractivity contribution is -0.186. The molecule has 0 saturated carbocycles. The van der Waals surface area contributed by atoms with E-state index in [2.05, 4.69) is 5.32 Å². The highest BCUT2D eigenvalue weighted by Gasteiger charge is 2.52. The molecule has 0 bridgehead atoms. The summed E-state index contributed by atoms with van der Waals surface area (Å²) in [4.78, 5) is 12.7. The topological polar surface area (TPSA) is 47.6 Å². The first-order valence-corrected chi connectivity index (χ1v) is 8.08. The van der Waals surface area contributed by atoms with Gasteiger partial charge in [-0.05, 0) is 52.3 Å². The third kappa shape index (κ3) is 3.50. The minimum absolute atomic E-state index is 0.188. The number of ether oxygens (including phenoxy) is 2. The standard InChI is InChI=1S/C18H27NO3/c1-4-22-18(10-12-19-13-11-18)17(2,3)16(20)21-14-15-8-6-5-7-9-15/h5-9,19H,4,10-14H2,1-3H3. The zero-order chi connectivity index (χ0) is 16.1. The van der Waals surface area contributed by atoms with E-state index in [1.165, 1.54) is 0 Å². The van der Waals surface area contributed by atoms with Crippen LogP contribution in [0.1, 0.15) is 39.2 Å². The highest BCUT2D eigenvalue weighted by atomic mass is 16.5. The fourth-order valence-corrected chi connectivity index (χ4v) is 3.15. The van der Waals surface area contributed by atoms with Gasteiger partial charge in [-0.15, -0.1) is 0 Å². The summed E-state index contributed by atoms with van der Waals surface area (Å²) in [5.41, 5.74) is -0.108. The second-order valence-corrected chi connectivity index (χ2v) is 6.36. The van der Waals surface area contributed by atoms with Crippen molar-refractivity contribution in [1.82, 2.24) is 5.32 Å². The number of nitrogens with one attached hydrogen (secondary N) is 1. The average Bonchev–Trinajstić information content (AvgIpc) is 2.54. The Morgan fingerprint density at radius 3 is 2.45 bits per heavy atom. The van der Waals surface area contributed by atoms with Crippen LogP contribution in [-0.4, -0.2) is 31.3 Å². The summed E-state index contributed by atoms with van der Waals surface area (Å²) in [6, 6.07) is 9.77. The van der Waals surface area contributed by atoms with Crippen molar-refractivity contribution in [2.45, 2.75) is 45.8 Å². The fraction of sp³-hybridized carbons (Fsp3) is 0.611. The minimum atomic E-state index is -0.667. The average molecular weight is 305 g/mol. The predicted molar refractivity (Wildman–Crippen MR) is 86.5 cm³/mol. The van der Waals surface area contributed by atoms with Gasteiger partial charge >= 0.3 is 5.97 Å². The predicted octanol–water partition coefficient (Wildman–Crippen LogP) is 2.91. The number of benzene rings is 1. The van der Waals surface area contributed by atoms with E-state index in [1.807, 2.05) is 51.1 Å². The van der Waals surface area contributed by atoms with Crippen LogP contribution >= 0.6 is 0 Å². The highest BCUT2D eigenvalue weighted by Crippen LogP contribution is 2.42. The molecule has 122 valence electrons. The fourth-order valence-electron chi connectivity index (χ4n) is 3.15. The van der Waals surface area contributed by atoms with Crippen molar-refractivity contribution in [2.24, 2.45) is 5.41 Å². The van der Waals surface area contributed by atoms with E-state index in [0.29, 0.717) is 13.2 Å². The molecule has 0 aromatic heterocycles. The second kappa shape index (κ2) is 7.25. The number of carbonyl (C=O) groups excluding carboxylic acids is 1. The number of hydrogen-bond acceptors (Lipinski definition) is 4. The van der Waals surface area contributed by atoms with Crippen LogP contribution in [0.15, 0.2) is 30.3 Å². The van der Waals surface area contributed by atoms with Crippen LogP contribution in [-0.2, 0) is 20.9 Å². The van der Waals surface area contributed by atoms with Crippen LogP contribution in [0.4, 0.5) is 0 Å². The smallest absolute Gasteiger partial charge is 0.314 e. The Morgan fingerprint density at radius 1 is 1.23 bits per heavy atom. The van der Waals surface area contributed by atoms with Crippen LogP contribution in [0.3, 0.4) is 0 Å². The van der Waals surface area contributed by atoms with Crippen LogP contribution in [0, 0.1) is 5.41 Å². The SMILES string of the molecule is CCOC1(C(C)(C)C(=O)OCc2ccccc2)CCNCC1. The molecule has 1 saturated heterocycles. The Labute approximate surface area is 133 Å². The summed E-state index contributed by atoms with van der Waals surface area (Å²) in [7, 11) is 0. The van der Waals surface area contributed by atoms with E-state index in [-0.39, 0.29) is 5.97 Å².